The Kier molecular flexibility index (Phi) is 9.48. The van der Waals surface area contributed by atoms with Gasteiger partial charge in [0, 0.05) is 78.4 Å². The van der Waals surface area contributed by atoms with E-state index in [0.29, 0.717) is 78.5 Å². The lowest BCUT2D eigenvalue weighted by Crippen LogP contribution is -2.55. The smallest absolute Gasteiger partial charge is 0.293 e. The van der Waals surface area contributed by atoms with E-state index < -0.39 is 0 Å². The summed E-state index contributed by atoms with van der Waals surface area (Å²) < 4.78 is 8.94. The van der Waals surface area contributed by atoms with E-state index >= 15 is 0 Å². The Balaban J connectivity index is 1.11. The van der Waals surface area contributed by atoms with E-state index in [1.54, 1.807) is 30.4 Å². The Bertz CT molecular complexity index is 2210. The predicted octanol–water partition coefficient (Wildman–Crippen LogP) is 4.64. The van der Waals surface area contributed by atoms with Gasteiger partial charge < -0.3 is 29.6 Å². The number of likely N-dealkylation sites (N-methyl/N-ethyl adjacent to an activating group) is 1. The number of rotatable bonds is 11. The number of nitrogens with one attached hydrogen (secondary N) is 2. The third-order valence-electron chi connectivity index (χ3n) is 10.8. The summed E-state index contributed by atoms with van der Waals surface area (Å²) in [5.41, 5.74) is 6.07. The van der Waals surface area contributed by atoms with Crippen molar-refractivity contribution < 1.29 is 14.6 Å². The number of amides is 1. The molecule has 13 nitrogen and oxygen atoms in total. The monoisotopic (exact) mass is 717 g/mol. The lowest BCUT2D eigenvalue weighted by atomic mass is 9.90. The molecule has 1 amide bonds. The number of aromatic nitrogens is 4. The van der Waals surface area contributed by atoms with Crippen LogP contribution in [-0.4, -0.2) is 79.9 Å². The maximum atomic E-state index is 13.9. The molecule has 0 spiro atoms. The average Bonchev–Trinajstić information content (AvgIpc) is 3.59. The zero-order chi connectivity index (χ0) is 37.7. The quantitative estimate of drug-likeness (QED) is 0.187. The number of aliphatic hydroxyl groups is 1. The number of hydrogen-bond acceptors (Lipinski definition) is 10. The standard InChI is InChI=1S/C40H47N9O4/c1-39(2)17-26-14-33-37(51)49(13-12-48(33)34(26)18-39)36-31(22-50)30(10-11-42-36)32-21-46(5)38(52)35(45-32)44-28-9-7-8-27(15-28)43-20-25(19-41)16-40(3,4)47(6)29-23-53-24-29/h7-11,14-16,21,29,43,50H,12-13,17-18,20,22-24H2,1-6H3,(H,44,45)/b25-16+. The van der Waals surface area contributed by atoms with Gasteiger partial charge in [-0.3, -0.25) is 19.4 Å². The number of carbonyl (C=O) groups is 1. The Hall–Kier alpha value is -5.29. The second-order valence-corrected chi connectivity index (χ2v) is 15.6. The van der Waals surface area contributed by atoms with Gasteiger partial charge in [-0.25, -0.2) is 9.97 Å². The fourth-order valence-corrected chi connectivity index (χ4v) is 7.65. The van der Waals surface area contributed by atoms with E-state index in [9.17, 15) is 20.0 Å². The molecule has 5 heterocycles. The summed E-state index contributed by atoms with van der Waals surface area (Å²) >= 11 is 0. The first-order valence-corrected chi connectivity index (χ1v) is 18.0. The zero-order valence-electron chi connectivity index (χ0n) is 31.2. The van der Waals surface area contributed by atoms with E-state index in [1.807, 2.05) is 43.5 Å². The van der Waals surface area contributed by atoms with Crippen LogP contribution < -0.4 is 21.1 Å². The van der Waals surface area contributed by atoms with E-state index in [2.05, 4.69) is 58.8 Å². The molecule has 4 aromatic rings. The first-order valence-electron chi connectivity index (χ1n) is 18.0. The van der Waals surface area contributed by atoms with Crippen LogP contribution in [0.2, 0.25) is 0 Å². The van der Waals surface area contributed by atoms with Gasteiger partial charge in [-0.15, -0.1) is 0 Å². The van der Waals surface area contributed by atoms with Crippen molar-refractivity contribution in [3.05, 3.63) is 93.3 Å². The molecule has 1 saturated heterocycles. The predicted molar refractivity (Wildman–Crippen MR) is 204 cm³/mol. The number of anilines is 4. The first-order chi connectivity index (χ1) is 25.3. The van der Waals surface area contributed by atoms with Gasteiger partial charge in [-0.2, -0.15) is 5.26 Å². The average molecular weight is 718 g/mol. The molecule has 53 heavy (non-hydrogen) atoms. The van der Waals surface area contributed by atoms with E-state index in [-0.39, 0.29) is 34.8 Å². The van der Waals surface area contributed by atoms with Crippen LogP contribution in [0.4, 0.5) is 23.0 Å². The third kappa shape index (κ3) is 6.97. The number of benzene rings is 1. The summed E-state index contributed by atoms with van der Waals surface area (Å²) in [5, 5.41) is 27.1. The van der Waals surface area contributed by atoms with Gasteiger partial charge in [-0.05, 0) is 81.1 Å². The molecule has 0 saturated carbocycles. The van der Waals surface area contributed by atoms with E-state index in [0.717, 1.165) is 18.5 Å². The number of pyridine rings is 1. The minimum absolute atomic E-state index is 0.0936. The molecule has 3 aromatic heterocycles. The van der Waals surface area contributed by atoms with Crippen molar-refractivity contribution in [2.45, 2.75) is 65.3 Å². The van der Waals surface area contributed by atoms with Gasteiger partial charge >= 0.3 is 0 Å². The summed E-state index contributed by atoms with van der Waals surface area (Å²) in [4.78, 5) is 40.4. The normalized spacial score (nSPS) is 17.0. The van der Waals surface area contributed by atoms with Crippen molar-refractivity contribution in [1.29, 1.82) is 5.26 Å². The van der Waals surface area contributed by atoms with Crippen LogP contribution >= 0.6 is 0 Å². The highest BCUT2D eigenvalue weighted by molar-refractivity contribution is 6.06. The number of ether oxygens (including phenoxy) is 1. The molecule has 2 aliphatic heterocycles. The lowest BCUT2D eigenvalue weighted by molar-refractivity contribution is -0.0771. The number of nitrogens with zero attached hydrogens (tertiary/aromatic N) is 7. The van der Waals surface area contributed by atoms with Gasteiger partial charge in [0.05, 0.1) is 37.6 Å². The molecule has 7 rings (SSSR count). The molecule has 3 aliphatic rings. The van der Waals surface area contributed by atoms with Gasteiger partial charge in [0.15, 0.2) is 5.82 Å². The number of carbonyl (C=O) groups excluding carboxylic acids is 1. The molecule has 0 bridgehead atoms. The highest BCUT2D eigenvalue weighted by atomic mass is 16.5. The van der Waals surface area contributed by atoms with Gasteiger partial charge in [0.2, 0.25) is 0 Å². The number of aryl methyl sites for hydroxylation is 1. The molecule has 0 radical (unpaired) electrons. The molecule has 1 aliphatic carbocycles. The lowest BCUT2D eigenvalue weighted by Gasteiger charge is -2.43. The highest BCUT2D eigenvalue weighted by Gasteiger charge is 2.38. The van der Waals surface area contributed by atoms with Crippen molar-refractivity contribution >= 4 is 28.9 Å². The zero-order valence-corrected chi connectivity index (χ0v) is 31.2. The van der Waals surface area contributed by atoms with Crippen LogP contribution in [0.25, 0.3) is 11.3 Å². The number of nitriles is 1. The second-order valence-electron chi connectivity index (χ2n) is 15.6. The minimum atomic E-state index is -0.378. The third-order valence-corrected chi connectivity index (χ3v) is 10.8. The summed E-state index contributed by atoms with van der Waals surface area (Å²) in [7, 11) is 3.69. The van der Waals surface area contributed by atoms with Crippen molar-refractivity contribution in [1.82, 2.24) is 24.0 Å². The van der Waals surface area contributed by atoms with Crippen LogP contribution in [-0.2, 0) is 37.8 Å². The summed E-state index contributed by atoms with van der Waals surface area (Å²) in [6, 6.07) is 13.8. The van der Waals surface area contributed by atoms with Crippen LogP contribution in [0, 0.1) is 16.7 Å². The fraction of sp³-hybridized carbons (Fsp3) is 0.425. The topological polar surface area (TPSA) is 154 Å². The highest BCUT2D eigenvalue weighted by Crippen LogP contribution is 2.40. The molecule has 0 atom stereocenters. The summed E-state index contributed by atoms with van der Waals surface area (Å²) in [6.45, 7) is 11.1. The largest absolute Gasteiger partial charge is 0.392 e. The van der Waals surface area contributed by atoms with Crippen LogP contribution in [0.5, 0.6) is 0 Å². The van der Waals surface area contributed by atoms with E-state index in [1.165, 1.54) is 15.8 Å². The first kappa shape index (κ1) is 36.1. The second kappa shape index (κ2) is 13.9. The van der Waals surface area contributed by atoms with Crippen molar-refractivity contribution in [3.63, 3.8) is 0 Å². The molecule has 3 N–H and O–H groups in total. The van der Waals surface area contributed by atoms with Crippen molar-refractivity contribution in [3.8, 4) is 17.3 Å². The Labute approximate surface area is 309 Å². The summed E-state index contributed by atoms with van der Waals surface area (Å²) in [6.07, 6.45) is 7.08. The van der Waals surface area contributed by atoms with Gasteiger partial charge in [-0.1, -0.05) is 19.9 Å². The fourth-order valence-electron chi connectivity index (χ4n) is 7.65. The molecule has 1 aromatic carbocycles. The minimum Gasteiger partial charge on any atom is -0.392 e. The van der Waals surface area contributed by atoms with Crippen LogP contribution in [0.3, 0.4) is 0 Å². The molecule has 276 valence electrons. The molecule has 13 heteroatoms. The SMILES string of the molecule is CN(C1COC1)C(C)(C)/C=C(\C#N)CNc1cccc(Nc2nc(-c3ccnc(N4CCn5c(cc6c5CC(C)(C)C6)C4=O)c3CO)cn(C)c2=O)c1. The van der Waals surface area contributed by atoms with Crippen molar-refractivity contribution in [2.75, 3.05) is 48.9 Å². The van der Waals surface area contributed by atoms with Crippen molar-refractivity contribution in [2.24, 2.45) is 12.5 Å². The number of aliphatic hydroxyl groups excluding tert-OH is 1. The Morgan fingerprint density at radius 3 is 2.66 bits per heavy atom. The summed E-state index contributed by atoms with van der Waals surface area (Å²) in [5.74, 6) is 0.324. The molecular formula is C40H47N9O4. The van der Waals surface area contributed by atoms with Crippen LogP contribution in [0.1, 0.15) is 55.0 Å². The number of hydrogen-bond donors (Lipinski definition) is 3. The molecular weight excluding hydrogens is 670 g/mol. The maximum absolute atomic E-state index is 13.9. The number of fused-ring (bicyclic) bond motifs is 3. The molecule has 1 fully saturated rings. The Morgan fingerprint density at radius 1 is 1.17 bits per heavy atom. The van der Waals surface area contributed by atoms with Crippen LogP contribution in [0.15, 0.2) is 65.2 Å². The van der Waals surface area contributed by atoms with Gasteiger partial charge in [0.25, 0.3) is 11.5 Å². The van der Waals surface area contributed by atoms with E-state index in [4.69, 9.17) is 9.72 Å². The van der Waals surface area contributed by atoms with Gasteiger partial charge in [0.1, 0.15) is 11.5 Å². The Morgan fingerprint density at radius 2 is 1.94 bits per heavy atom. The maximum Gasteiger partial charge on any atom is 0.293 e. The molecule has 0 unspecified atom stereocenters.